The maximum absolute atomic E-state index is 12.1. The van der Waals surface area contributed by atoms with Crippen LogP contribution in [0, 0.1) is 5.41 Å². The van der Waals surface area contributed by atoms with Crippen LogP contribution >= 0.6 is 0 Å². The number of ether oxygens (including phenoxy) is 1. The summed E-state index contributed by atoms with van der Waals surface area (Å²) in [6, 6.07) is 5.25. The summed E-state index contributed by atoms with van der Waals surface area (Å²) in [4.78, 5) is 7.34. The molecule has 0 amide bonds. The average molecular weight is 329 g/mol. The molecule has 0 aromatic heterocycles. The highest BCUT2D eigenvalue weighted by Crippen LogP contribution is 2.25. The number of hydrogen-bond donors (Lipinski definition) is 2. The Labute approximate surface area is 131 Å². The van der Waals surface area contributed by atoms with Crippen LogP contribution in [0.3, 0.4) is 0 Å². The van der Waals surface area contributed by atoms with Gasteiger partial charge in [0.25, 0.3) is 0 Å². The predicted molar refractivity (Wildman–Crippen MR) is 81.7 cm³/mol. The minimum Gasteiger partial charge on any atom is -0.406 e. The fraction of sp³-hybridized carbons (Fsp3) is 0.429. The van der Waals surface area contributed by atoms with Crippen LogP contribution in [0.2, 0.25) is 0 Å². The van der Waals surface area contributed by atoms with Crippen LogP contribution < -0.4 is 15.4 Å². The third-order valence-corrected chi connectivity index (χ3v) is 3.43. The van der Waals surface area contributed by atoms with Crippen LogP contribution in [0.25, 0.3) is 0 Å². The SMILES string of the molecule is CN(C(N)=NC(=N)N1CCCC1)c1ccc(OC(F)(F)F)cc1. The van der Waals surface area contributed by atoms with Gasteiger partial charge in [-0.3, -0.25) is 5.41 Å². The first-order valence-corrected chi connectivity index (χ1v) is 7.03. The molecular formula is C14H18F3N5O. The van der Waals surface area contributed by atoms with E-state index in [2.05, 4.69) is 9.73 Å². The van der Waals surface area contributed by atoms with E-state index in [-0.39, 0.29) is 17.7 Å². The number of nitrogens with two attached hydrogens (primary N) is 1. The van der Waals surface area contributed by atoms with Gasteiger partial charge in [0.15, 0.2) is 0 Å². The summed E-state index contributed by atoms with van der Waals surface area (Å²) in [5, 5.41) is 7.89. The Hall–Kier alpha value is -2.45. The van der Waals surface area contributed by atoms with Crippen LogP contribution in [0.4, 0.5) is 18.9 Å². The lowest BCUT2D eigenvalue weighted by Gasteiger charge is -2.20. The molecule has 6 nitrogen and oxygen atoms in total. The van der Waals surface area contributed by atoms with E-state index in [0.717, 1.165) is 25.9 Å². The van der Waals surface area contributed by atoms with E-state index in [1.165, 1.54) is 29.2 Å². The Morgan fingerprint density at radius 3 is 2.35 bits per heavy atom. The molecule has 0 radical (unpaired) electrons. The van der Waals surface area contributed by atoms with Gasteiger partial charge in [0.2, 0.25) is 11.9 Å². The van der Waals surface area contributed by atoms with Crippen molar-refractivity contribution < 1.29 is 17.9 Å². The molecule has 0 bridgehead atoms. The van der Waals surface area contributed by atoms with Gasteiger partial charge in [-0.2, -0.15) is 4.99 Å². The first kappa shape index (κ1) is 16.9. The lowest BCUT2D eigenvalue weighted by Crippen LogP contribution is -2.37. The monoisotopic (exact) mass is 329 g/mol. The summed E-state index contributed by atoms with van der Waals surface area (Å²) in [7, 11) is 1.62. The Balaban J connectivity index is 2.03. The Morgan fingerprint density at radius 1 is 1.26 bits per heavy atom. The second kappa shape index (κ2) is 6.76. The zero-order valence-corrected chi connectivity index (χ0v) is 12.6. The van der Waals surface area contributed by atoms with Crippen molar-refractivity contribution in [1.82, 2.24) is 4.90 Å². The summed E-state index contributed by atoms with van der Waals surface area (Å²) < 4.78 is 40.2. The number of nitrogens with zero attached hydrogens (tertiary/aromatic N) is 3. The first-order chi connectivity index (χ1) is 10.8. The van der Waals surface area contributed by atoms with Gasteiger partial charge in [-0.15, -0.1) is 13.2 Å². The molecule has 0 spiro atoms. The quantitative estimate of drug-likeness (QED) is 0.645. The van der Waals surface area contributed by atoms with E-state index in [0.29, 0.717) is 5.69 Å². The second-order valence-corrected chi connectivity index (χ2v) is 5.09. The molecule has 1 saturated heterocycles. The third kappa shape index (κ3) is 4.76. The van der Waals surface area contributed by atoms with Crippen molar-refractivity contribution in [3.8, 4) is 5.75 Å². The number of guanidine groups is 2. The van der Waals surface area contributed by atoms with E-state index in [1.54, 1.807) is 7.05 Å². The summed E-state index contributed by atoms with van der Waals surface area (Å²) in [6.45, 7) is 1.56. The van der Waals surface area contributed by atoms with Crippen LogP contribution in [0.5, 0.6) is 5.75 Å². The molecule has 2 rings (SSSR count). The molecule has 3 N–H and O–H groups in total. The van der Waals surface area contributed by atoms with Gasteiger partial charge < -0.3 is 20.3 Å². The maximum atomic E-state index is 12.1. The number of likely N-dealkylation sites (tertiary alicyclic amines) is 1. The van der Waals surface area contributed by atoms with Crippen LogP contribution in [-0.2, 0) is 0 Å². The normalized spacial score (nSPS) is 15.7. The van der Waals surface area contributed by atoms with Gasteiger partial charge in [-0.05, 0) is 37.1 Å². The molecule has 0 atom stereocenters. The molecule has 1 aliphatic heterocycles. The molecule has 0 saturated carbocycles. The lowest BCUT2D eigenvalue weighted by atomic mass is 10.3. The fourth-order valence-electron chi connectivity index (χ4n) is 2.19. The molecule has 23 heavy (non-hydrogen) atoms. The number of anilines is 1. The van der Waals surface area contributed by atoms with E-state index in [4.69, 9.17) is 11.1 Å². The summed E-state index contributed by atoms with van der Waals surface area (Å²) in [5.41, 5.74) is 6.39. The van der Waals surface area contributed by atoms with Gasteiger partial charge in [0.1, 0.15) is 5.75 Å². The van der Waals surface area contributed by atoms with Gasteiger partial charge in [-0.1, -0.05) is 0 Å². The topological polar surface area (TPSA) is 77.9 Å². The van der Waals surface area contributed by atoms with E-state index in [9.17, 15) is 13.2 Å². The van der Waals surface area contributed by atoms with Crippen molar-refractivity contribution in [2.75, 3.05) is 25.0 Å². The summed E-state index contributed by atoms with van der Waals surface area (Å²) >= 11 is 0. The van der Waals surface area contributed by atoms with Crippen molar-refractivity contribution in [3.05, 3.63) is 24.3 Å². The molecule has 1 heterocycles. The highest BCUT2D eigenvalue weighted by atomic mass is 19.4. The highest BCUT2D eigenvalue weighted by Gasteiger charge is 2.31. The van der Waals surface area contributed by atoms with Gasteiger partial charge in [0.05, 0.1) is 0 Å². The Kier molecular flexibility index (Phi) is 4.97. The van der Waals surface area contributed by atoms with Crippen LogP contribution in [0.1, 0.15) is 12.8 Å². The number of hydrogen-bond acceptors (Lipinski definition) is 2. The van der Waals surface area contributed by atoms with Gasteiger partial charge in [-0.25, -0.2) is 0 Å². The first-order valence-electron chi connectivity index (χ1n) is 7.03. The van der Waals surface area contributed by atoms with Crippen molar-refractivity contribution in [3.63, 3.8) is 0 Å². The van der Waals surface area contributed by atoms with Crippen LogP contribution in [0.15, 0.2) is 29.3 Å². The number of halogens is 3. The third-order valence-electron chi connectivity index (χ3n) is 3.43. The minimum atomic E-state index is -4.72. The van der Waals surface area contributed by atoms with Crippen molar-refractivity contribution >= 4 is 17.6 Å². The standard InChI is InChI=1S/C14H18F3N5O/c1-21(12(18)20-13(19)22-8-2-3-9-22)10-4-6-11(7-5-10)23-14(15,16)17/h4-7H,2-3,8-9H2,1H3,(H3,18,19,20). The Bertz CT molecular complexity index is 579. The van der Waals surface area contributed by atoms with Crippen molar-refractivity contribution in [2.45, 2.75) is 19.2 Å². The van der Waals surface area contributed by atoms with Crippen molar-refractivity contribution in [2.24, 2.45) is 10.7 Å². The zero-order chi connectivity index (χ0) is 17.0. The molecule has 0 aliphatic carbocycles. The number of rotatable bonds is 2. The smallest absolute Gasteiger partial charge is 0.406 e. The molecule has 126 valence electrons. The molecule has 0 unspecified atom stereocenters. The zero-order valence-electron chi connectivity index (χ0n) is 12.6. The molecule has 1 aromatic rings. The summed E-state index contributed by atoms with van der Waals surface area (Å²) in [5.74, 6) is -0.134. The number of aliphatic imine (C=N–C) groups is 1. The number of nitrogens with one attached hydrogen (secondary N) is 1. The van der Waals surface area contributed by atoms with E-state index in [1.807, 2.05) is 4.90 Å². The molecule has 1 fully saturated rings. The second-order valence-electron chi connectivity index (χ2n) is 5.09. The van der Waals surface area contributed by atoms with E-state index < -0.39 is 6.36 Å². The number of alkyl halides is 3. The van der Waals surface area contributed by atoms with Crippen LogP contribution in [-0.4, -0.2) is 43.3 Å². The number of benzene rings is 1. The Morgan fingerprint density at radius 2 is 1.83 bits per heavy atom. The van der Waals surface area contributed by atoms with Gasteiger partial charge in [0, 0.05) is 25.8 Å². The van der Waals surface area contributed by atoms with E-state index >= 15 is 0 Å². The highest BCUT2D eigenvalue weighted by molar-refractivity contribution is 6.01. The predicted octanol–water partition coefficient (Wildman–Crippen LogP) is 2.37. The fourth-order valence-corrected chi connectivity index (χ4v) is 2.19. The minimum absolute atomic E-state index is 0.0869. The maximum Gasteiger partial charge on any atom is 0.573 e. The molecule has 1 aromatic carbocycles. The largest absolute Gasteiger partial charge is 0.573 e. The van der Waals surface area contributed by atoms with Gasteiger partial charge >= 0.3 is 6.36 Å². The summed E-state index contributed by atoms with van der Waals surface area (Å²) in [6.07, 6.45) is -2.68. The average Bonchev–Trinajstić information content (AvgIpc) is 3.00. The molecular weight excluding hydrogens is 311 g/mol. The molecule has 1 aliphatic rings. The molecule has 9 heteroatoms. The lowest BCUT2D eigenvalue weighted by molar-refractivity contribution is -0.274. The van der Waals surface area contributed by atoms with Crippen molar-refractivity contribution in [1.29, 1.82) is 5.41 Å².